The lowest BCUT2D eigenvalue weighted by atomic mass is 9.88. The summed E-state index contributed by atoms with van der Waals surface area (Å²) in [5.74, 6) is -60.4. The number of hydrogen-bond acceptors (Lipinski definition) is 3. The molecule has 0 saturated heterocycles. The van der Waals surface area contributed by atoms with Crippen molar-refractivity contribution in [2.24, 2.45) is 0 Å². The van der Waals surface area contributed by atoms with Crippen LogP contribution in [0.4, 0.5) is 74.6 Å². The van der Waals surface area contributed by atoms with Crippen LogP contribution in [0.5, 0.6) is 0 Å². The highest BCUT2D eigenvalue weighted by Crippen LogP contribution is 2.64. The maximum Gasteiger partial charge on any atom is 0.460 e. The standard InChI is InChI=1S/C17H15F17O3/c1-7(2)8(35)37-9(3,4)36-6-5-10(18,19)11(20,21)12(22,23)13(24,25)14(26,27)15(28,29)16(30,31)17(32,33)34/h1,5-6H2,2-4H3. The van der Waals surface area contributed by atoms with Crippen LogP contribution in [-0.4, -0.2) is 66.0 Å². The summed E-state index contributed by atoms with van der Waals surface area (Å²) in [6, 6.07) is 0. The molecule has 0 aliphatic carbocycles. The van der Waals surface area contributed by atoms with Gasteiger partial charge in [0, 0.05) is 25.8 Å². The second kappa shape index (κ2) is 9.62. The van der Waals surface area contributed by atoms with E-state index >= 15 is 0 Å². The molecule has 0 amide bonds. The Kier molecular flexibility index (Phi) is 9.10. The summed E-state index contributed by atoms with van der Waals surface area (Å²) in [6.45, 7) is 3.72. The quantitative estimate of drug-likeness (QED) is 0.104. The number of rotatable bonds is 12. The number of esters is 1. The van der Waals surface area contributed by atoms with Crippen molar-refractivity contribution in [3.8, 4) is 0 Å². The van der Waals surface area contributed by atoms with Crippen LogP contribution >= 0.6 is 0 Å². The molecule has 220 valence electrons. The number of alkyl halides is 17. The molecule has 20 heteroatoms. The summed E-state index contributed by atoms with van der Waals surface area (Å²) in [5.41, 5.74) is -0.329. The number of carbonyl (C=O) groups excluding carboxylic acids is 1. The first-order valence-corrected chi connectivity index (χ1v) is 9.02. The molecule has 0 unspecified atom stereocenters. The van der Waals surface area contributed by atoms with Gasteiger partial charge in [0.2, 0.25) is 5.79 Å². The predicted molar refractivity (Wildman–Crippen MR) is 86.2 cm³/mol. The molecule has 0 bridgehead atoms. The molecule has 0 aliphatic heterocycles. The topological polar surface area (TPSA) is 35.5 Å². The van der Waals surface area contributed by atoms with Crippen LogP contribution in [0.15, 0.2) is 12.2 Å². The largest absolute Gasteiger partial charge is 0.460 e. The first kappa shape index (κ1) is 35.0. The molecule has 0 heterocycles. The van der Waals surface area contributed by atoms with Crippen molar-refractivity contribution < 1.29 is 88.9 Å². The molecular weight excluding hydrogens is 575 g/mol. The minimum Gasteiger partial charge on any atom is -0.430 e. The van der Waals surface area contributed by atoms with E-state index in [1.54, 1.807) is 0 Å². The van der Waals surface area contributed by atoms with Crippen LogP contribution in [0.3, 0.4) is 0 Å². The highest BCUT2D eigenvalue weighted by molar-refractivity contribution is 5.87. The average molecular weight is 590 g/mol. The van der Waals surface area contributed by atoms with E-state index < -0.39 is 72.4 Å². The minimum atomic E-state index is -8.68. The summed E-state index contributed by atoms with van der Waals surface area (Å²) < 4.78 is 233. The van der Waals surface area contributed by atoms with Gasteiger partial charge >= 0.3 is 53.6 Å². The normalized spacial score (nSPS) is 15.6. The third-order valence-electron chi connectivity index (χ3n) is 4.34. The van der Waals surface area contributed by atoms with Crippen molar-refractivity contribution >= 4 is 5.97 Å². The van der Waals surface area contributed by atoms with E-state index in [0.29, 0.717) is 0 Å². The van der Waals surface area contributed by atoms with Crippen LogP contribution in [0, 0.1) is 0 Å². The van der Waals surface area contributed by atoms with Gasteiger partial charge < -0.3 is 9.47 Å². The fourth-order valence-corrected chi connectivity index (χ4v) is 2.12. The molecule has 0 saturated carbocycles. The van der Waals surface area contributed by atoms with E-state index in [2.05, 4.69) is 16.1 Å². The third-order valence-corrected chi connectivity index (χ3v) is 4.34. The Morgan fingerprint density at radius 1 is 0.622 bits per heavy atom. The van der Waals surface area contributed by atoms with Gasteiger partial charge in [-0.15, -0.1) is 0 Å². The first-order chi connectivity index (χ1) is 15.8. The third kappa shape index (κ3) is 5.71. The Hall–Kier alpha value is -2.02. The van der Waals surface area contributed by atoms with Crippen molar-refractivity contribution in [3.63, 3.8) is 0 Å². The smallest absolute Gasteiger partial charge is 0.430 e. The minimum absolute atomic E-state index is 0.329. The van der Waals surface area contributed by atoms with Crippen molar-refractivity contribution in [1.82, 2.24) is 0 Å². The van der Waals surface area contributed by atoms with Gasteiger partial charge in [-0.1, -0.05) is 6.58 Å². The molecular formula is C17H15F17O3. The summed E-state index contributed by atoms with van der Waals surface area (Å²) in [5, 5.41) is 0. The van der Waals surface area contributed by atoms with Crippen molar-refractivity contribution in [2.45, 2.75) is 80.6 Å². The van der Waals surface area contributed by atoms with Gasteiger partial charge in [-0.3, -0.25) is 0 Å². The van der Waals surface area contributed by atoms with Gasteiger partial charge in [0.15, 0.2) is 0 Å². The van der Waals surface area contributed by atoms with Gasteiger partial charge in [0.05, 0.1) is 6.61 Å². The fourth-order valence-electron chi connectivity index (χ4n) is 2.12. The van der Waals surface area contributed by atoms with Crippen LogP contribution in [0.2, 0.25) is 0 Å². The van der Waals surface area contributed by atoms with Crippen molar-refractivity contribution in [2.75, 3.05) is 6.61 Å². The van der Waals surface area contributed by atoms with Gasteiger partial charge in [-0.25, -0.2) is 4.79 Å². The Bertz CT molecular complexity index is 858. The second-order valence-electron chi connectivity index (χ2n) is 7.82. The van der Waals surface area contributed by atoms with E-state index in [9.17, 15) is 79.4 Å². The van der Waals surface area contributed by atoms with E-state index in [1.165, 1.54) is 0 Å². The van der Waals surface area contributed by atoms with Crippen LogP contribution in [0.25, 0.3) is 0 Å². The molecule has 0 radical (unpaired) electrons. The van der Waals surface area contributed by atoms with Crippen LogP contribution in [0.1, 0.15) is 27.2 Å². The van der Waals surface area contributed by atoms with Crippen LogP contribution in [-0.2, 0) is 14.3 Å². The Balaban J connectivity index is 6.21. The molecule has 0 aliphatic rings. The number of ether oxygens (including phenoxy) is 2. The first-order valence-electron chi connectivity index (χ1n) is 9.02. The van der Waals surface area contributed by atoms with Gasteiger partial charge in [-0.05, 0) is 6.92 Å². The SMILES string of the molecule is C=C(C)C(=O)OC(C)(C)OCCC(F)(F)C(F)(F)C(F)(F)C(F)(F)C(F)(F)C(F)(F)C(F)(F)C(F)(F)F. The number of carbonyl (C=O) groups is 1. The molecule has 0 aromatic rings. The van der Waals surface area contributed by atoms with Crippen molar-refractivity contribution in [1.29, 1.82) is 0 Å². The van der Waals surface area contributed by atoms with Crippen molar-refractivity contribution in [3.05, 3.63) is 12.2 Å². The Morgan fingerprint density at radius 2 is 0.946 bits per heavy atom. The summed E-state index contributed by atoms with van der Waals surface area (Å²) in [4.78, 5) is 11.3. The van der Waals surface area contributed by atoms with Gasteiger partial charge in [0.1, 0.15) is 0 Å². The molecule has 0 aromatic heterocycles. The lowest BCUT2D eigenvalue weighted by Crippen LogP contribution is -2.74. The summed E-state index contributed by atoms with van der Waals surface area (Å²) in [7, 11) is 0. The maximum absolute atomic E-state index is 13.8. The maximum atomic E-state index is 13.8. The van der Waals surface area contributed by atoms with E-state index in [-0.39, 0.29) is 5.57 Å². The number of hydrogen-bond donors (Lipinski definition) is 0. The summed E-state index contributed by atoms with van der Waals surface area (Å²) in [6.07, 6.45) is -10.6. The molecule has 0 N–H and O–H groups in total. The Labute approximate surface area is 195 Å². The van der Waals surface area contributed by atoms with Gasteiger partial charge in [0.25, 0.3) is 0 Å². The average Bonchev–Trinajstić information content (AvgIpc) is 2.65. The lowest BCUT2D eigenvalue weighted by Gasteiger charge is -2.42. The zero-order valence-corrected chi connectivity index (χ0v) is 18.3. The van der Waals surface area contributed by atoms with Crippen LogP contribution < -0.4 is 0 Å². The molecule has 0 aromatic carbocycles. The molecule has 0 spiro atoms. The predicted octanol–water partition coefficient (Wildman–Crippen LogP) is 7.26. The highest BCUT2D eigenvalue weighted by Gasteiger charge is 2.95. The number of halogens is 17. The molecule has 37 heavy (non-hydrogen) atoms. The molecule has 0 rings (SSSR count). The monoisotopic (exact) mass is 590 g/mol. The summed E-state index contributed by atoms with van der Waals surface area (Å²) >= 11 is 0. The van der Waals surface area contributed by atoms with E-state index in [0.717, 1.165) is 20.8 Å². The van der Waals surface area contributed by atoms with Gasteiger partial charge in [-0.2, -0.15) is 74.6 Å². The molecule has 3 nitrogen and oxygen atoms in total. The molecule has 0 atom stereocenters. The Morgan fingerprint density at radius 3 is 1.27 bits per heavy atom. The zero-order valence-electron chi connectivity index (χ0n) is 18.3. The highest BCUT2D eigenvalue weighted by atomic mass is 19.4. The molecule has 0 fully saturated rings. The zero-order chi connectivity index (χ0) is 30.5. The fraction of sp³-hybridized carbons (Fsp3) is 0.824. The second-order valence-corrected chi connectivity index (χ2v) is 7.82. The lowest BCUT2D eigenvalue weighted by molar-refractivity contribution is -0.462. The van der Waals surface area contributed by atoms with E-state index in [4.69, 9.17) is 0 Å². The van der Waals surface area contributed by atoms with E-state index in [1.807, 2.05) is 0 Å².